The Labute approximate surface area is 94.5 Å². The van der Waals surface area contributed by atoms with Crippen LogP contribution < -0.4 is 0 Å². The van der Waals surface area contributed by atoms with Crippen LogP contribution in [-0.4, -0.2) is 16.8 Å². The monoisotopic (exact) mass is 255 g/mol. The quantitative estimate of drug-likeness (QED) is 0.433. The van der Waals surface area contributed by atoms with E-state index in [0.29, 0.717) is 5.56 Å². The van der Waals surface area contributed by atoms with Crippen molar-refractivity contribution in [1.29, 1.82) is 0 Å². The van der Waals surface area contributed by atoms with Gasteiger partial charge in [0.2, 0.25) is 0 Å². The Morgan fingerprint density at radius 3 is 2.07 bits per heavy atom. The number of rotatable bonds is 2. The van der Waals surface area contributed by atoms with Crippen molar-refractivity contribution in [3.8, 4) is 0 Å². The van der Waals surface area contributed by atoms with E-state index < -0.39 is 10.6 Å². The number of alkyl halides is 5. The number of hydrogen-bond donors (Lipinski definition) is 0. The maximum atomic E-state index is 12.2. The van der Waals surface area contributed by atoms with Gasteiger partial charge in [0.25, 0.3) is 0 Å². The highest BCUT2D eigenvalue weighted by atomic mass is 35.5. The summed E-state index contributed by atoms with van der Waals surface area (Å²) in [6.45, 7) is 0. The molecule has 0 radical (unpaired) electrons. The van der Waals surface area contributed by atoms with E-state index in [0.717, 1.165) is 6.21 Å². The van der Waals surface area contributed by atoms with Gasteiger partial charge in [-0.25, -0.2) is 4.99 Å². The molecule has 0 aliphatic rings. The maximum Gasteiger partial charge on any atom is 0.442 e. The summed E-state index contributed by atoms with van der Waals surface area (Å²) < 4.78 is 33.4. The molecule has 0 saturated heterocycles. The van der Waals surface area contributed by atoms with Crippen LogP contribution in [0.3, 0.4) is 0 Å². The van der Waals surface area contributed by atoms with E-state index in [1.165, 1.54) is 0 Å². The summed E-state index contributed by atoms with van der Waals surface area (Å²) in [6.07, 6.45) is -3.81. The lowest BCUT2D eigenvalue weighted by Gasteiger charge is -2.17. The van der Waals surface area contributed by atoms with Crippen LogP contribution in [0.25, 0.3) is 0 Å². The molecule has 82 valence electrons. The summed E-state index contributed by atoms with van der Waals surface area (Å²) in [6, 6.07) is 8.24. The smallest absolute Gasteiger partial charge is 0.246 e. The molecule has 1 aromatic carbocycles. The first kappa shape index (κ1) is 12.3. The standard InChI is InChI=1S/C9H6Cl2F3N/c10-8(11,9(12,13)14)15-6-7-4-2-1-3-5-7/h1-6H/b15-6+. The second-order valence-electron chi connectivity index (χ2n) is 2.71. The molecule has 0 aliphatic heterocycles. The van der Waals surface area contributed by atoms with Gasteiger partial charge in [0.05, 0.1) is 0 Å². The van der Waals surface area contributed by atoms with Crippen molar-refractivity contribution in [3.63, 3.8) is 0 Å². The minimum atomic E-state index is -4.79. The third-order valence-corrected chi connectivity index (χ3v) is 2.14. The molecular weight excluding hydrogens is 250 g/mol. The Balaban J connectivity index is 2.83. The highest BCUT2D eigenvalue weighted by molar-refractivity contribution is 6.49. The van der Waals surface area contributed by atoms with Crippen molar-refractivity contribution < 1.29 is 13.2 Å². The van der Waals surface area contributed by atoms with E-state index >= 15 is 0 Å². The molecule has 0 atom stereocenters. The van der Waals surface area contributed by atoms with Crippen LogP contribution in [0.15, 0.2) is 35.3 Å². The van der Waals surface area contributed by atoms with E-state index in [1.807, 2.05) is 0 Å². The number of hydrogen-bond acceptors (Lipinski definition) is 1. The van der Waals surface area contributed by atoms with Crippen LogP contribution in [0.2, 0.25) is 0 Å². The molecule has 1 aromatic rings. The first-order valence-electron chi connectivity index (χ1n) is 3.88. The summed E-state index contributed by atoms with van der Waals surface area (Å²) in [4.78, 5) is 3.08. The lowest BCUT2D eigenvalue weighted by molar-refractivity contribution is -0.139. The average Bonchev–Trinajstić information content (AvgIpc) is 2.15. The first-order chi connectivity index (χ1) is 6.83. The molecule has 0 N–H and O–H groups in total. The molecule has 0 heterocycles. The zero-order chi connectivity index (χ0) is 11.5. The summed E-state index contributed by atoms with van der Waals surface area (Å²) in [5.41, 5.74) is 0.493. The Morgan fingerprint density at radius 1 is 1.07 bits per heavy atom. The first-order valence-corrected chi connectivity index (χ1v) is 4.63. The summed E-state index contributed by atoms with van der Waals surface area (Å²) in [5.74, 6) is 0. The van der Waals surface area contributed by atoms with Crippen molar-refractivity contribution >= 4 is 29.4 Å². The van der Waals surface area contributed by atoms with Crippen LogP contribution in [-0.2, 0) is 0 Å². The molecule has 0 spiro atoms. The minimum Gasteiger partial charge on any atom is -0.246 e. The fraction of sp³-hybridized carbons (Fsp3) is 0.222. The molecule has 0 aliphatic carbocycles. The zero-order valence-corrected chi connectivity index (χ0v) is 8.81. The van der Waals surface area contributed by atoms with Gasteiger partial charge in [0, 0.05) is 6.21 Å². The van der Waals surface area contributed by atoms with E-state index in [4.69, 9.17) is 23.2 Å². The van der Waals surface area contributed by atoms with Gasteiger partial charge in [-0.15, -0.1) is 0 Å². The second-order valence-corrected chi connectivity index (χ2v) is 4.00. The van der Waals surface area contributed by atoms with Crippen molar-refractivity contribution in [2.45, 2.75) is 10.6 Å². The number of aliphatic imine (C=N–C) groups is 1. The van der Waals surface area contributed by atoms with Crippen LogP contribution >= 0.6 is 23.2 Å². The van der Waals surface area contributed by atoms with Gasteiger partial charge in [-0.1, -0.05) is 53.5 Å². The van der Waals surface area contributed by atoms with Crippen LogP contribution in [0.4, 0.5) is 13.2 Å². The Bertz CT molecular complexity index is 346. The number of benzene rings is 1. The molecule has 0 saturated carbocycles. The van der Waals surface area contributed by atoms with E-state index in [-0.39, 0.29) is 0 Å². The van der Waals surface area contributed by atoms with Gasteiger partial charge >= 0.3 is 10.6 Å². The number of nitrogens with zero attached hydrogens (tertiary/aromatic N) is 1. The van der Waals surface area contributed by atoms with Crippen molar-refractivity contribution in [3.05, 3.63) is 35.9 Å². The highest BCUT2D eigenvalue weighted by Gasteiger charge is 2.52. The lowest BCUT2D eigenvalue weighted by atomic mass is 10.2. The third kappa shape index (κ3) is 3.39. The Kier molecular flexibility index (Phi) is 3.62. The highest BCUT2D eigenvalue weighted by Crippen LogP contribution is 2.40. The van der Waals surface area contributed by atoms with E-state index in [9.17, 15) is 13.2 Å². The Hall–Kier alpha value is -0.740. The van der Waals surface area contributed by atoms with Crippen LogP contribution in [0.5, 0.6) is 0 Å². The second kappa shape index (κ2) is 4.41. The predicted molar refractivity (Wildman–Crippen MR) is 54.5 cm³/mol. The molecule has 6 heteroatoms. The topological polar surface area (TPSA) is 12.4 Å². The van der Waals surface area contributed by atoms with E-state index in [2.05, 4.69) is 4.99 Å². The molecule has 1 rings (SSSR count). The molecule has 0 aromatic heterocycles. The SMILES string of the molecule is FC(F)(F)C(Cl)(Cl)/N=C/c1ccccc1. The molecule has 0 unspecified atom stereocenters. The summed E-state index contributed by atoms with van der Waals surface area (Å²) in [7, 11) is 0. The van der Waals surface area contributed by atoms with Gasteiger partial charge in [-0.2, -0.15) is 13.2 Å². The normalized spacial score (nSPS) is 13.4. The fourth-order valence-corrected chi connectivity index (χ4v) is 0.865. The third-order valence-electron chi connectivity index (χ3n) is 1.52. The molecule has 1 nitrogen and oxygen atoms in total. The lowest BCUT2D eigenvalue weighted by Crippen LogP contribution is -2.32. The zero-order valence-electron chi connectivity index (χ0n) is 7.30. The van der Waals surface area contributed by atoms with Gasteiger partial charge in [-0.05, 0) is 5.56 Å². The molecule has 0 amide bonds. The average molecular weight is 256 g/mol. The van der Waals surface area contributed by atoms with Gasteiger partial charge < -0.3 is 0 Å². The molecule has 15 heavy (non-hydrogen) atoms. The fourth-order valence-electron chi connectivity index (χ4n) is 0.768. The van der Waals surface area contributed by atoms with Crippen molar-refractivity contribution in [2.75, 3.05) is 0 Å². The van der Waals surface area contributed by atoms with Crippen LogP contribution in [0, 0.1) is 0 Å². The minimum absolute atomic E-state index is 0.493. The van der Waals surface area contributed by atoms with E-state index in [1.54, 1.807) is 30.3 Å². The van der Waals surface area contributed by atoms with Gasteiger partial charge in [0.1, 0.15) is 0 Å². The largest absolute Gasteiger partial charge is 0.442 e. The predicted octanol–water partition coefficient (Wildman–Crippen LogP) is 3.80. The van der Waals surface area contributed by atoms with Crippen LogP contribution in [0.1, 0.15) is 5.56 Å². The van der Waals surface area contributed by atoms with Crippen molar-refractivity contribution in [1.82, 2.24) is 0 Å². The summed E-state index contributed by atoms with van der Waals surface area (Å²) >= 11 is 10.0. The van der Waals surface area contributed by atoms with Crippen molar-refractivity contribution in [2.24, 2.45) is 4.99 Å². The Morgan fingerprint density at radius 2 is 1.60 bits per heavy atom. The number of halogens is 5. The molecular formula is C9H6Cl2F3N. The van der Waals surface area contributed by atoms with Gasteiger partial charge in [0.15, 0.2) is 0 Å². The molecule has 0 fully saturated rings. The van der Waals surface area contributed by atoms with Gasteiger partial charge in [-0.3, -0.25) is 0 Å². The summed E-state index contributed by atoms with van der Waals surface area (Å²) in [5, 5.41) is 0. The molecule has 0 bridgehead atoms. The maximum absolute atomic E-state index is 12.2.